The smallest absolute Gasteiger partial charge is 0.214 e. The Morgan fingerprint density at radius 2 is 2.14 bits per heavy atom. The number of fused-ring (bicyclic) bond motifs is 1. The van der Waals surface area contributed by atoms with E-state index in [9.17, 15) is 4.39 Å². The van der Waals surface area contributed by atoms with E-state index in [4.69, 9.17) is 0 Å². The molecule has 1 fully saturated rings. The van der Waals surface area contributed by atoms with Crippen molar-refractivity contribution in [3.8, 4) is 11.3 Å². The van der Waals surface area contributed by atoms with Crippen LogP contribution in [0.4, 0.5) is 9.52 Å². The highest BCUT2D eigenvalue weighted by molar-refractivity contribution is 8.00. The fourth-order valence-electron chi connectivity index (χ4n) is 2.36. The van der Waals surface area contributed by atoms with E-state index in [-0.39, 0.29) is 5.82 Å². The first-order valence-electron chi connectivity index (χ1n) is 7.09. The summed E-state index contributed by atoms with van der Waals surface area (Å²) in [6, 6.07) is 6.36. The van der Waals surface area contributed by atoms with Gasteiger partial charge in [0, 0.05) is 16.9 Å². The molecule has 2 heterocycles. The van der Waals surface area contributed by atoms with Gasteiger partial charge in [0.05, 0.1) is 11.9 Å². The third-order valence-corrected chi connectivity index (χ3v) is 6.28. The van der Waals surface area contributed by atoms with Crippen molar-refractivity contribution in [1.82, 2.24) is 14.6 Å². The van der Waals surface area contributed by atoms with Crippen molar-refractivity contribution < 1.29 is 4.39 Å². The second-order valence-electron chi connectivity index (χ2n) is 5.51. The number of hydrogen-bond acceptors (Lipinski definition) is 5. The van der Waals surface area contributed by atoms with Crippen molar-refractivity contribution in [1.29, 1.82) is 0 Å². The maximum absolute atomic E-state index is 13.0. The highest BCUT2D eigenvalue weighted by atomic mass is 32.2. The van der Waals surface area contributed by atoms with E-state index in [1.165, 1.54) is 25.0 Å². The van der Waals surface area contributed by atoms with Crippen molar-refractivity contribution in [3.05, 3.63) is 36.3 Å². The lowest BCUT2D eigenvalue weighted by molar-refractivity contribution is 0.628. The lowest BCUT2D eigenvalue weighted by atomic mass is 10.2. The van der Waals surface area contributed by atoms with E-state index >= 15 is 0 Å². The Morgan fingerprint density at radius 3 is 2.77 bits per heavy atom. The van der Waals surface area contributed by atoms with Gasteiger partial charge in [-0.25, -0.2) is 13.9 Å². The van der Waals surface area contributed by atoms with Crippen molar-refractivity contribution in [2.45, 2.75) is 17.6 Å². The number of rotatable bonds is 5. The van der Waals surface area contributed by atoms with Gasteiger partial charge < -0.3 is 5.32 Å². The van der Waals surface area contributed by atoms with Gasteiger partial charge in [-0.3, -0.25) is 0 Å². The van der Waals surface area contributed by atoms with Crippen LogP contribution < -0.4 is 5.32 Å². The average Bonchev–Trinajstić information content (AvgIpc) is 3.05. The highest BCUT2D eigenvalue weighted by Gasteiger charge is 2.41. The minimum Gasteiger partial charge on any atom is -0.359 e. The third-order valence-electron chi connectivity index (χ3n) is 3.99. The summed E-state index contributed by atoms with van der Waals surface area (Å²) in [5.74, 6) is -0.239. The largest absolute Gasteiger partial charge is 0.359 e. The lowest BCUT2D eigenvalue weighted by Gasteiger charge is -2.11. The molecule has 1 aliphatic carbocycles. The van der Waals surface area contributed by atoms with E-state index < -0.39 is 0 Å². The number of imidazole rings is 1. The molecule has 1 aromatic carbocycles. The van der Waals surface area contributed by atoms with Crippen molar-refractivity contribution in [2.24, 2.45) is 0 Å². The van der Waals surface area contributed by atoms with E-state index in [0.29, 0.717) is 4.75 Å². The van der Waals surface area contributed by atoms with E-state index in [0.717, 1.165) is 27.9 Å². The molecule has 2 aromatic heterocycles. The molecule has 4 nitrogen and oxygen atoms in total. The molecule has 1 aliphatic rings. The van der Waals surface area contributed by atoms with Crippen LogP contribution in [-0.4, -0.2) is 32.1 Å². The summed E-state index contributed by atoms with van der Waals surface area (Å²) in [5.41, 5.74) is 1.71. The van der Waals surface area contributed by atoms with Gasteiger partial charge >= 0.3 is 0 Å². The topological polar surface area (TPSA) is 42.2 Å². The molecular formula is C15H15FN4S2. The highest BCUT2D eigenvalue weighted by Crippen LogP contribution is 2.47. The predicted molar refractivity (Wildman–Crippen MR) is 90.2 cm³/mol. The van der Waals surface area contributed by atoms with Gasteiger partial charge in [-0.05, 0) is 43.4 Å². The SMILES string of the molecule is CSC1(CNc2nn3cc(-c4ccc(F)cc4)nc3s2)CC1. The zero-order chi connectivity index (χ0) is 15.2. The maximum atomic E-state index is 13.0. The van der Waals surface area contributed by atoms with E-state index in [1.54, 1.807) is 28.0 Å². The molecule has 0 atom stereocenters. The van der Waals surface area contributed by atoms with Crippen molar-refractivity contribution >= 4 is 33.2 Å². The molecule has 114 valence electrons. The van der Waals surface area contributed by atoms with Crippen LogP contribution in [0.5, 0.6) is 0 Å². The number of benzene rings is 1. The fourth-order valence-corrected chi connectivity index (χ4v) is 3.86. The Balaban J connectivity index is 1.53. The number of anilines is 1. The van der Waals surface area contributed by atoms with Gasteiger partial charge in [-0.1, -0.05) is 11.3 Å². The first kappa shape index (κ1) is 14.0. The Morgan fingerprint density at radius 1 is 1.36 bits per heavy atom. The van der Waals surface area contributed by atoms with Crippen LogP contribution in [0.2, 0.25) is 0 Å². The Bertz CT molecular complexity index is 773. The molecule has 3 aromatic rings. The van der Waals surface area contributed by atoms with Crippen LogP contribution in [0, 0.1) is 5.82 Å². The second kappa shape index (κ2) is 5.24. The Labute approximate surface area is 135 Å². The molecular weight excluding hydrogens is 319 g/mol. The molecule has 0 unspecified atom stereocenters. The molecule has 7 heteroatoms. The quantitative estimate of drug-likeness (QED) is 0.768. The number of aromatic nitrogens is 3. The first-order valence-corrected chi connectivity index (χ1v) is 9.13. The second-order valence-corrected chi connectivity index (χ2v) is 7.74. The molecule has 4 rings (SSSR count). The van der Waals surface area contributed by atoms with Crippen LogP contribution in [0.15, 0.2) is 30.5 Å². The van der Waals surface area contributed by atoms with Crippen molar-refractivity contribution in [3.63, 3.8) is 0 Å². The van der Waals surface area contributed by atoms with E-state index in [2.05, 4.69) is 21.7 Å². The molecule has 0 bridgehead atoms. The van der Waals surface area contributed by atoms with E-state index in [1.807, 2.05) is 18.0 Å². The van der Waals surface area contributed by atoms with Crippen LogP contribution in [0.1, 0.15) is 12.8 Å². The number of halogens is 1. The summed E-state index contributed by atoms with van der Waals surface area (Å²) < 4.78 is 15.2. The molecule has 0 radical (unpaired) electrons. The summed E-state index contributed by atoms with van der Waals surface area (Å²) in [5, 5.41) is 8.83. The first-order chi connectivity index (χ1) is 10.7. The summed E-state index contributed by atoms with van der Waals surface area (Å²) in [7, 11) is 0. The Kier molecular flexibility index (Phi) is 3.34. The van der Waals surface area contributed by atoms with Gasteiger partial charge in [-0.15, -0.1) is 5.10 Å². The minimum atomic E-state index is -0.239. The van der Waals surface area contributed by atoms with Gasteiger partial charge in [0.2, 0.25) is 10.1 Å². The number of nitrogens with zero attached hydrogens (tertiary/aromatic N) is 3. The molecule has 0 amide bonds. The summed E-state index contributed by atoms with van der Waals surface area (Å²) in [4.78, 5) is 5.41. The van der Waals surface area contributed by atoms with Crippen LogP contribution in [-0.2, 0) is 0 Å². The molecule has 0 aliphatic heterocycles. The van der Waals surface area contributed by atoms with Crippen LogP contribution >= 0.6 is 23.1 Å². The van der Waals surface area contributed by atoms with Gasteiger partial charge in [-0.2, -0.15) is 11.8 Å². The monoisotopic (exact) mass is 334 g/mol. The summed E-state index contributed by atoms with van der Waals surface area (Å²) in [6.45, 7) is 0.954. The van der Waals surface area contributed by atoms with Crippen molar-refractivity contribution in [2.75, 3.05) is 18.1 Å². The molecule has 1 saturated carbocycles. The number of nitrogens with one attached hydrogen (secondary N) is 1. The standard InChI is InChI=1S/C15H15FN4S2/c1-21-15(6-7-15)9-17-13-19-20-8-12(18-14(20)22-13)10-2-4-11(16)5-3-10/h2-5,8H,6-7,9H2,1H3,(H,17,19). The number of thioether (sulfide) groups is 1. The minimum absolute atomic E-state index is 0.239. The molecule has 1 N–H and O–H groups in total. The third kappa shape index (κ3) is 2.59. The zero-order valence-corrected chi connectivity index (χ0v) is 13.7. The molecule has 22 heavy (non-hydrogen) atoms. The van der Waals surface area contributed by atoms with Crippen LogP contribution in [0.3, 0.4) is 0 Å². The van der Waals surface area contributed by atoms with Gasteiger partial charge in [0.1, 0.15) is 5.82 Å². The Hall–Kier alpha value is -1.60. The van der Waals surface area contributed by atoms with Crippen LogP contribution in [0.25, 0.3) is 16.2 Å². The fraction of sp³-hybridized carbons (Fsp3) is 0.333. The maximum Gasteiger partial charge on any atom is 0.214 e. The summed E-state index contributed by atoms with van der Waals surface area (Å²) >= 11 is 3.47. The van der Waals surface area contributed by atoms with Gasteiger partial charge in [0.15, 0.2) is 0 Å². The summed E-state index contributed by atoms with van der Waals surface area (Å²) in [6.07, 6.45) is 6.60. The molecule has 0 saturated heterocycles. The predicted octanol–water partition coefficient (Wildman–Crippen LogP) is 3.90. The average molecular weight is 334 g/mol. The zero-order valence-electron chi connectivity index (χ0n) is 12.0. The number of hydrogen-bond donors (Lipinski definition) is 1. The normalized spacial score (nSPS) is 16.1. The molecule has 0 spiro atoms. The lowest BCUT2D eigenvalue weighted by Crippen LogP contribution is -2.17. The van der Waals surface area contributed by atoms with Gasteiger partial charge in [0.25, 0.3) is 0 Å².